The Balaban J connectivity index is 1.29. The first kappa shape index (κ1) is 31.0. The third kappa shape index (κ3) is 6.61. The summed E-state index contributed by atoms with van der Waals surface area (Å²) in [5.74, 6) is 3.80. The molecule has 4 aliphatic carbocycles. The highest BCUT2D eigenvalue weighted by molar-refractivity contribution is 5.85. The summed E-state index contributed by atoms with van der Waals surface area (Å²) < 4.78 is 0. The van der Waals surface area contributed by atoms with E-state index in [4.69, 9.17) is 4.84 Å². The maximum Gasteiger partial charge on any atom is 0.143 e. The number of fused-ring (bicyclic) bond motifs is 5. The van der Waals surface area contributed by atoms with Crippen LogP contribution in [0.15, 0.2) is 16.8 Å². The summed E-state index contributed by atoms with van der Waals surface area (Å²) in [6, 6.07) is 0. The maximum atomic E-state index is 10.7. The van der Waals surface area contributed by atoms with Gasteiger partial charge in [-0.3, -0.25) is 0 Å². The lowest BCUT2D eigenvalue weighted by Crippen LogP contribution is -2.50. The van der Waals surface area contributed by atoms with E-state index in [0.29, 0.717) is 35.2 Å². The van der Waals surface area contributed by atoms with Crippen LogP contribution in [-0.2, 0) is 4.84 Å². The number of aliphatic hydroxyl groups excluding tert-OH is 2. The average molecular weight is 545 g/mol. The number of rotatable bonds is 12. The van der Waals surface area contributed by atoms with Crippen LogP contribution >= 0.6 is 0 Å². The maximum absolute atomic E-state index is 10.7. The number of allylic oxidation sites excluding steroid dienone is 1. The molecule has 0 radical (unpaired) electrons. The summed E-state index contributed by atoms with van der Waals surface area (Å²) in [4.78, 5) is 8.21. The minimum Gasteiger partial charge on any atom is -0.393 e. The van der Waals surface area contributed by atoms with Crippen molar-refractivity contribution < 1.29 is 15.1 Å². The van der Waals surface area contributed by atoms with E-state index in [9.17, 15) is 10.2 Å². The van der Waals surface area contributed by atoms with Crippen LogP contribution in [0.4, 0.5) is 0 Å². The van der Waals surface area contributed by atoms with Crippen LogP contribution in [0.25, 0.3) is 0 Å². The SMILES string of the molecule is CCCN(C)CCC(C)C(C)CC(O)CON=C(C)C1CCC2C3CC=C4CC(O)CCC4(C)C3CCC12C. The predicted octanol–water partition coefficient (Wildman–Crippen LogP) is 7.07. The molecule has 0 spiro atoms. The summed E-state index contributed by atoms with van der Waals surface area (Å²) >= 11 is 0. The first-order valence-electron chi connectivity index (χ1n) is 16.4. The first-order valence-corrected chi connectivity index (χ1v) is 16.4. The molecule has 0 aliphatic heterocycles. The molecular weight excluding hydrogens is 484 g/mol. The molecule has 10 atom stereocenters. The zero-order valence-electron chi connectivity index (χ0n) is 26.3. The molecular formula is C34H60N2O3. The molecule has 0 aromatic rings. The van der Waals surface area contributed by atoms with Crippen molar-refractivity contribution >= 4 is 5.71 Å². The molecule has 0 aromatic heterocycles. The van der Waals surface area contributed by atoms with E-state index in [1.807, 2.05) is 0 Å². The second kappa shape index (κ2) is 12.9. The predicted molar refractivity (Wildman–Crippen MR) is 162 cm³/mol. The smallest absolute Gasteiger partial charge is 0.143 e. The van der Waals surface area contributed by atoms with E-state index >= 15 is 0 Å². The molecule has 224 valence electrons. The van der Waals surface area contributed by atoms with Gasteiger partial charge >= 0.3 is 0 Å². The van der Waals surface area contributed by atoms with E-state index in [1.54, 1.807) is 5.57 Å². The molecule has 5 nitrogen and oxygen atoms in total. The van der Waals surface area contributed by atoms with Crippen molar-refractivity contribution in [2.24, 2.45) is 51.5 Å². The topological polar surface area (TPSA) is 65.3 Å². The Labute approximate surface area is 239 Å². The Morgan fingerprint density at radius 3 is 2.62 bits per heavy atom. The quantitative estimate of drug-likeness (QED) is 0.157. The third-order valence-electron chi connectivity index (χ3n) is 12.2. The van der Waals surface area contributed by atoms with Crippen LogP contribution in [0, 0.1) is 46.3 Å². The van der Waals surface area contributed by atoms with Crippen molar-refractivity contribution in [3.63, 3.8) is 0 Å². The van der Waals surface area contributed by atoms with Crippen molar-refractivity contribution in [2.45, 2.75) is 124 Å². The van der Waals surface area contributed by atoms with Crippen molar-refractivity contribution in [1.29, 1.82) is 0 Å². The number of oxime groups is 1. The van der Waals surface area contributed by atoms with E-state index in [2.05, 4.69) is 64.7 Å². The van der Waals surface area contributed by atoms with Crippen molar-refractivity contribution in [1.82, 2.24) is 4.90 Å². The number of hydrogen-bond acceptors (Lipinski definition) is 5. The van der Waals surface area contributed by atoms with Gasteiger partial charge in [0.15, 0.2) is 0 Å². The molecule has 3 fully saturated rings. The molecule has 4 rings (SSSR count). The van der Waals surface area contributed by atoms with Gasteiger partial charge in [0.05, 0.1) is 17.9 Å². The lowest BCUT2D eigenvalue weighted by Gasteiger charge is -2.58. The molecule has 39 heavy (non-hydrogen) atoms. The lowest BCUT2D eigenvalue weighted by molar-refractivity contribution is -0.0429. The van der Waals surface area contributed by atoms with E-state index < -0.39 is 6.10 Å². The number of hydrogen-bond donors (Lipinski definition) is 2. The summed E-state index contributed by atoms with van der Waals surface area (Å²) in [6.07, 6.45) is 14.3. The first-order chi connectivity index (χ1) is 18.5. The normalized spacial score (nSPS) is 38.9. The molecule has 3 saturated carbocycles. The van der Waals surface area contributed by atoms with Gasteiger partial charge in [-0.1, -0.05) is 51.4 Å². The molecule has 0 aromatic carbocycles. The zero-order chi connectivity index (χ0) is 28.4. The molecule has 5 heteroatoms. The highest BCUT2D eigenvalue weighted by Crippen LogP contribution is 2.66. The highest BCUT2D eigenvalue weighted by atomic mass is 16.6. The van der Waals surface area contributed by atoms with Crippen LogP contribution in [0.1, 0.15) is 112 Å². The van der Waals surface area contributed by atoms with Gasteiger partial charge in [-0.15, -0.1) is 0 Å². The lowest BCUT2D eigenvalue weighted by atomic mass is 9.47. The summed E-state index contributed by atoms with van der Waals surface area (Å²) in [7, 11) is 2.20. The van der Waals surface area contributed by atoms with Crippen LogP contribution in [0.5, 0.6) is 0 Å². The van der Waals surface area contributed by atoms with Crippen molar-refractivity contribution in [2.75, 3.05) is 26.7 Å². The van der Waals surface area contributed by atoms with Gasteiger partial charge in [-0.25, -0.2) is 0 Å². The minimum atomic E-state index is -0.465. The molecule has 0 heterocycles. The van der Waals surface area contributed by atoms with E-state index in [-0.39, 0.29) is 6.10 Å². The molecule has 10 unspecified atom stereocenters. The van der Waals surface area contributed by atoms with Crippen LogP contribution in [-0.4, -0.2) is 59.8 Å². The van der Waals surface area contributed by atoms with Crippen molar-refractivity contribution in [3.05, 3.63) is 11.6 Å². The van der Waals surface area contributed by atoms with Crippen LogP contribution < -0.4 is 0 Å². The molecule has 2 N–H and O–H groups in total. The fourth-order valence-electron chi connectivity index (χ4n) is 9.55. The minimum absolute atomic E-state index is 0.132. The van der Waals surface area contributed by atoms with Crippen LogP contribution in [0.2, 0.25) is 0 Å². The third-order valence-corrected chi connectivity index (χ3v) is 12.2. The Morgan fingerprint density at radius 1 is 1.10 bits per heavy atom. The van der Waals surface area contributed by atoms with Gasteiger partial charge < -0.3 is 20.0 Å². The summed E-state index contributed by atoms with van der Waals surface area (Å²) in [6.45, 7) is 16.6. The Morgan fingerprint density at radius 2 is 1.87 bits per heavy atom. The highest BCUT2D eigenvalue weighted by Gasteiger charge is 2.59. The van der Waals surface area contributed by atoms with Gasteiger partial charge in [0.2, 0.25) is 0 Å². The molecule has 0 amide bonds. The Hall–Kier alpha value is -0.910. The second-order valence-electron chi connectivity index (χ2n) is 14.8. The Kier molecular flexibility index (Phi) is 10.3. The number of aliphatic hydroxyl groups is 2. The molecule has 0 saturated heterocycles. The second-order valence-corrected chi connectivity index (χ2v) is 14.8. The van der Waals surface area contributed by atoms with E-state index in [0.717, 1.165) is 62.2 Å². The zero-order valence-corrected chi connectivity index (χ0v) is 26.3. The van der Waals surface area contributed by atoms with Crippen molar-refractivity contribution in [3.8, 4) is 0 Å². The van der Waals surface area contributed by atoms with Crippen LogP contribution in [0.3, 0.4) is 0 Å². The van der Waals surface area contributed by atoms with Gasteiger partial charge in [-0.2, -0.15) is 0 Å². The Bertz CT molecular complexity index is 873. The number of nitrogens with zero attached hydrogens (tertiary/aromatic N) is 2. The fraction of sp³-hybridized carbons (Fsp3) is 0.912. The standard InChI is InChI=1S/C34H60N2O3/c1-8-18-36(7)19-15-23(2)24(3)20-28(38)22-39-35-25(4)30-11-12-31-29-10-9-26-21-27(37)13-16-33(26,5)32(29)14-17-34(30,31)6/h9,23-24,27-32,37-38H,8,10-22H2,1-7H3. The largest absolute Gasteiger partial charge is 0.393 e. The van der Waals surface area contributed by atoms with Gasteiger partial charge in [0.1, 0.15) is 6.61 Å². The average Bonchev–Trinajstić information content (AvgIpc) is 3.25. The van der Waals surface area contributed by atoms with Gasteiger partial charge in [-0.05, 0) is 138 Å². The van der Waals surface area contributed by atoms with Gasteiger partial charge in [0.25, 0.3) is 0 Å². The monoisotopic (exact) mass is 544 g/mol. The fourth-order valence-corrected chi connectivity index (χ4v) is 9.55. The summed E-state index contributed by atoms with van der Waals surface area (Å²) in [5.41, 5.74) is 3.27. The summed E-state index contributed by atoms with van der Waals surface area (Å²) in [5, 5.41) is 25.6. The molecule has 4 aliphatic rings. The van der Waals surface area contributed by atoms with Gasteiger partial charge in [0, 0.05) is 5.92 Å². The van der Waals surface area contributed by atoms with E-state index in [1.165, 1.54) is 44.9 Å². The molecule has 0 bridgehead atoms.